The molecule has 6 nitrogen and oxygen atoms in total. The SMILES string of the molecule is O=C(CN1CCN(Cc2ccc3c(c2)CCO3)CC1)Nc1nc2ccccc2s1. The second kappa shape index (κ2) is 8.10. The molecule has 0 spiro atoms. The van der Waals surface area contributed by atoms with Gasteiger partial charge in [0.05, 0.1) is 23.4 Å². The Hall–Kier alpha value is -2.48. The molecule has 2 aliphatic rings. The summed E-state index contributed by atoms with van der Waals surface area (Å²) in [7, 11) is 0. The molecule has 0 bridgehead atoms. The van der Waals surface area contributed by atoms with E-state index in [1.165, 1.54) is 22.5 Å². The van der Waals surface area contributed by atoms with Gasteiger partial charge in [0, 0.05) is 39.1 Å². The van der Waals surface area contributed by atoms with Gasteiger partial charge in [-0.2, -0.15) is 0 Å². The number of nitrogens with one attached hydrogen (secondary N) is 1. The van der Waals surface area contributed by atoms with Gasteiger partial charge >= 0.3 is 0 Å². The Morgan fingerprint density at radius 3 is 2.79 bits per heavy atom. The molecule has 1 aromatic heterocycles. The lowest BCUT2D eigenvalue weighted by molar-refractivity contribution is -0.117. The van der Waals surface area contributed by atoms with E-state index in [2.05, 4.69) is 38.3 Å². The van der Waals surface area contributed by atoms with Gasteiger partial charge in [-0.05, 0) is 29.3 Å². The summed E-state index contributed by atoms with van der Waals surface area (Å²) < 4.78 is 6.68. The van der Waals surface area contributed by atoms with E-state index in [1.807, 2.05) is 24.3 Å². The summed E-state index contributed by atoms with van der Waals surface area (Å²) in [6.07, 6.45) is 1.01. The second-order valence-corrected chi connectivity index (χ2v) is 8.66. The lowest BCUT2D eigenvalue weighted by atomic mass is 10.1. The molecular formula is C22H24N4O2S. The molecule has 7 heteroatoms. The quantitative estimate of drug-likeness (QED) is 0.703. The van der Waals surface area contributed by atoms with Crippen molar-refractivity contribution in [3.63, 3.8) is 0 Å². The third-order valence-corrected chi connectivity index (χ3v) is 6.48. The van der Waals surface area contributed by atoms with Crippen molar-refractivity contribution in [2.75, 3.05) is 44.6 Å². The largest absolute Gasteiger partial charge is 0.493 e. The molecule has 0 radical (unpaired) electrons. The van der Waals surface area contributed by atoms with Crippen LogP contribution in [0.5, 0.6) is 5.75 Å². The Labute approximate surface area is 174 Å². The number of thiazole rings is 1. The molecular weight excluding hydrogens is 384 g/mol. The minimum Gasteiger partial charge on any atom is -0.493 e. The number of carbonyl (C=O) groups is 1. The van der Waals surface area contributed by atoms with Crippen molar-refractivity contribution in [1.82, 2.24) is 14.8 Å². The zero-order valence-electron chi connectivity index (χ0n) is 16.3. The highest BCUT2D eigenvalue weighted by Gasteiger charge is 2.20. The number of aromatic nitrogens is 1. The predicted octanol–water partition coefficient (Wildman–Crippen LogP) is 2.99. The smallest absolute Gasteiger partial charge is 0.240 e. The molecule has 1 amide bonds. The number of amides is 1. The summed E-state index contributed by atoms with van der Waals surface area (Å²) >= 11 is 1.52. The Kier molecular flexibility index (Phi) is 5.18. The average Bonchev–Trinajstić information content (AvgIpc) is 3.35. The lowest BCUT2D eigenvalue weighted by Gasteiger charge is -2.34. The zero-order valence-corrected chi connectivity index (χ0v) is 17.1. The minimum atomic E-state index is 0.0103. The number of hydrogen-bond donors (Lipinski definition) is 1. The number of nitrogens with zero attached hydrogens (tertiary/aromatic N) is 3. The van der Waals surface area contributed by atoms with E-state index in [9.17, 15) is 4.79 Å². The number of para-hydroxylation sites is 1. The number of carbonyl (C=O) groups excluding carboxylic acids is 1. The lowest BCUT2D eigenvalue weighted by Crippen LogP contribution is -2.48. The van der Waals surface area contributed by atoms with E-state index in [4.69, 9.17) is 4.74 Å². The van der Waals surface area contributed by atoms with Gasteiger partial charge in [0.2, 0.25) is 5.91 Å². The molecule has 5 rings (SSSR count). The van der Waals surface area contributed by atoms with E-state index in [0.717, 1.165) is 61.7 Å². The summed E-state index contributed by atoms with van der Waals surface area (Å²) in [6, 6.07) is 14.5. The third-order valence-electron chi connectivity index (χ3n) is 5.53. The molecule has 1 fully saturated rings. The first-order valence-corrected chi connectivity index (χ1v) is 10.9. The normalized spacial score (nSPS) is 17.2. The fraction of sp³-hybridized carbons (Fsp3) is 0.364. The molecule has 0 atom stereocenters. The summed E-state index contributed by atoms with van der Waals surface area (Å²) in [5.41, 5.74) is 3.60. The molecule has 0 unspecified atom stereocenters. The van der Waals surface area contributed by atoms with Crippen LogP contribution >= 0.6 is 11.3 Å². The maximum Gasteiger partial charge on any atom is 0.240 e. The van der Waals surface area contributed by atoms with E-state index in [1.54, 1.807) is 0 Å². The van der Waals surface area contributed by atoms with Crippen LogP contribution in [0.4, 0.5) is 5.13 Å². The van der Waals surface area contributed by atoms with Crippen molar-refractivity contribution in [3.05, 3.63) is 53.6 Å². The molecule has 0 saturated carbocycles. The predicted molar refractivity (Wildman–Crippen MR) is 116 cm³/mol. The first kappa shape index (κ1) is 18.5. The molecule has 3 aromatic rings. The van der Waals surface area contributed by atoms with Crippen LogP contribution in [-0.4, -0.2) is 60.0 Å². The van der Waals surface area contributed by atoms with Crippen LogP contribution in [0.2, 0.25) is 0 Å². The Balaban J connectivity index is 1.10. The average molecular weight is 409 g/mol. The number of hydrogen-bond acceptors (Lipinski definition) is 6. The first-order chi connectivity index (χ1) is 14.2. The van der Waals surface area contributed by atoms with Crippen LogP contribution in [0.1, 0.15) is 11.1 Å². The molecule has 2 aliphatic heterocycles. The van der Waals surface area contributed by atoms with Crippen LogP contribution in [0.3, 0.4) is 0 Å². The van der Waals surface area contributed by atoms with Crippen LogP contribution in [0.25, 0.3) is 10.2 Å². The van der Waals surface area contributed by atoms with E-state index >= 15 is 0 Å². The maximum atomic E-state index is 12.4. The first-order valence-electron chi connectivity index (χ1n) is 10.1. The monoisotopic (exact) mass is 408 g/mol. The van der Waals surface area contributed by atoms with Gasteiger partial charge in [0.1, 0.15) is 5.75 Å². The van der Waals surface area contributed by atoms with Crippen molar-refractivity contribution < 1.29 is 9.53 Å². The van der Waals surface area contributed by atoms with Gasteiger partial charge in [-0.1, -0.05) is 35.6 Å². The molecule has 2 aromatic carbocycles. The number of piperazine rings is 1. The molecule has 1 N–H and O–H groups in total. The van der Waals surface area contributed by atoms with Crippen molar-refractivity contribution >= 4 is 32.6 Å². The number of anilines is 1. The van der Waals surface area contributed by atoms with E-state index < -0.39 is 0 Å². The number of rotatable bonds is 5. The Bertz CT molecular complexity index is 994. The van der Waals surface area contributed by atoms with Crippen molar-refractivity contribution in [3.8, 4) is 5.75 Å². The standard InChI is InChI=1S/C22H24N4O2S/c27-21(24-22-23-18-3-1-2-4-20(18)29-22)15-26-10-8-25(9-11-26)14-16-5-6-19-17(13-16)7-12-28-19/h1-6,13H,7-12,14-15H2,(H,23,24,27). The highest BCUT2D eigenvalue weighted by Crippen LogP contribution is 2.27. The number of fused-ring (bicyclic) bond motifs is 2. The second-order valence-electron chi connectivity index (χ2n) is 7.63. The molecule has 3 heterocycles. The summed E-state index contributed by atoms with van der Waals surface area (Å²) in [5, 5.41) is 3.63. The van der Waals surface area contributed by atoms with E-state index in [0.29, 0.717) is 11.7 Å². The topological polar surface area (TPSA) is 57.7 Å². The van der Waals surface area contributed by atoms with Crippen molar-refractivity contribution in [1.29, 1.82) is 0 Å². The molecule has 0 aliphatic carbocycles. The van der Waals surface area contributed by atoms with Crippen LogP contribution < -0.4 is 10.1 Å². The van der Waals surface area contributed by atoms with Gasteiger partial charge < -0.3 is 10.1 Å². The van der Waals surface area contributed by atoms with Crippen molar-refractivity contribution in [2.24, 2.45) is 0 Å². The molecule has 29 heavy (non-hydrogen) atoms. The van der Waals surface area contributed by atoms with Crippen LogP contribution in [0.15, 0.2) is 42.5 Å². The fourth-order valence-electron chi connectivity index (χ4n) is 3.99. The number of ether oxygens (including phenoxy) is 1. The van der Waals surface area contributed by atoms with Gasteiger partial charge in [0.15, 0.2) is 5.13 Å². The highest BCUT2D eigenvalue weighted by atomic mass is 32.1. The molecule has 150 valence electrons. The Morgan fingerprint density at radius 2 is 1.93 bits per heavy atom. The maximum absolute atomic E-state index is 12.4. The highest BCUT2D eigenvalue weighted by molar-refractivity contribution is 7.22. The van der Waals surface area contributed by atoms with Crippen LogP contribution in [0, 0.1) is 0 Å². The molecule has 1 saturated heterocycles. The summed E-state index contributed by atoms with van der Waals surface area (Å²) in [4.78, 5) is 21.6. The van der Waals surface area contributed by atoms with Crippen molar-refractivity contribution in [2.45, 2.75) is 13.0 Å². The van der Waals surface area contributed by atoms with Gasteiger partial charge in [0.25, 0.3) is 0 Å². The van der Waals surface area contributed by atoms with Crippen LogP contribution in [-0.2, 0) is 17.8 Å². The van der Waals surface area contributed by atoms with Gasteiger partial charge in [-0.3, -0.25) is 14.6 Å². The van der Waals surface area contributed by atoms with E-state index in [-0.39, 0.29) is 5.91 Å². The van der Waals surface area contributed by atoms with Gasteiger partial charge in [-0.25, -0.2) is 4.98 Å². The third kappa shape index (κ3) is 4.27. The summed E-state index contributed by atoms with van der Waals surface area (Å²) in [6.45, 7) is 5.93. The fourth-order valence-corrected chi connectivity index (χ4v) is 4.87. The Morgan fingerprint density at radius 1 is 1.10 bits per heavy atom. The zero-order chi connectivity index (χ0) is 19.6. The minimum absolute atomic E-state index is 0.0103. The van der Waals surface area contributed by atoms with Gasteiger partial charge in [-0.15, -0.1) is 0 Å². The number of benzene rings is 2. The summed E-state index contributed by atoms with van der Waals surface area (Å²) in [5.74, 6) is 1.05.